The molecule has 0 atom stereocenters. The van der Waals surface area contributed by atoms with Gasteiger partial charge in [-0.1, -0.05) is 0 Å². The normalized spacial score (nSPS) is 10.4. The lowest BCUT2D eigenvalue weighted by atomic mass is 10.2. The van der Waals surface area contributed by atoms with Crippen LogP contribution in [0.3, 0.4) is 0 Å². The maximum absolute atomic E-state index is 11.0. The lowest BCUT2D eigenvalue weighted by Crippen LogP contribution is -2.06. The van der Waals surface area contributed by atoms with Gasteiger partial charge in [-0.3, -0.25) is 4.79 Å². The molecule has 2 N–H and O–H groups in total. The van der Waals surface area contributed by atoms with Crippen LogP contribution in [0.5, 0.6) is 5.75 Å². The highest BCUT2D eigenvalue weighted by Gasteiger charge is 2.08. The van der Waals surface area contributed by atoms with E-state index in [0.29, 0.717) is 15.4 Å². The molecule has 0 bridgehead atoms. The van der Waals surface area contributed by atoms with E-state index in [0.717, 1.165) is 10.2 Å². The fourth-order valence-corrected chi connectivity index (χ4v) is 2.57. The third-order valence-electron chi connectivity index (χ3n) is 2.05. The molecule has 6 heteroatoms. The highest BCUT2D eigenvalue weighted by atomic mass is 32.1. The number of hydrogen-bond donors (Lipinski definition) is 2. The van der Waals surface area contributed by atoms with Gasteiger partial charge in [0.2, 0.25) is 5.91 Å². The predicted octanol–water partition coefficient (Wildman–Crippen LogP) is 2.93. The number of anilines is 1. The maximum Gasteiger partial charge on any atom is 0.221 e. The van der Waals surface area contributed by atoms with E-state index in [4.69, 9.17) is 17.0 Å². The van der Waals surface area contributed by atoms with Crippen molar-refractivity contribution in [3.8, 4) is 5.75 Å². The Morgan fingerprint density at radius 2 is 2.31 bits per heavy atom. The van der Waals surface area contributed by atoms with E-state index in [1.807, 2.05) is 12.1 Å². The van der Waals surface area contributed by atoms with Crippen molar-refractivity contribution in [2.75, 3.05) is 12.4 Å². The van der Waals surface area contributed by atoms with E-state index < -0.39 is 0 Å². The Morgan fingerprint density at radius 1 is 1.56 bits per heavy atom. The summed E-state index contributed by atoms with van der Waals surface area (Å²) in [6, 6.07) is 3.68. The molecule has 0 radical (unpaired) electrons. The zero-order chi connectivity index (χ0) is 11.7. The minimum atomic E-state index is -0.128. The highest BCUT2D eigenvalue weighted by Crippen LogP contribution is 2.32. The molecule has 2 rings (SSSR count). The van der Waals surface area contributed by atoms with Crippen molar-refractivity contribution in [2.45, 2.75) is 6.92 Å². The molecular formula is C10H10N2O2S2. The first kappa shape index (κ1) is 11.1. The summed E-state index contributed by atoms with van der Waals surface area (Å²) in [6.07, 6.45) is 0. The number of fused-ring (bicyclic) bond motifs is 1. The monoisotopic (exact) mass is 254 g/mol. The molecular weight excluding hydrogens is 244 g/mol. The first-order valence-corrected chi connectivity index (χ1v) is 5.81. The van der Waals surface area contributed by atoms with Crippen molar-refractivity contribution < 1.29 is 9.53 Å². The van der Waals surface area contributed by atoms with E-state index in [1.54, 1.807) is 7.11 Å². The zero-order valence-corrected chi connectivity index (χ0v) is 10.4. The lowest BCUT2D eigenvalue weighted by Gasteiger charge is -2.08. The Labute approximate surface area is 101 Å². The highest BCUT2D eigenvalue weighted by molar-refractivity contribution is 7.73. The average Bonchev–Trinajstić information content (AvgIpc) is 2.55. The number of amides is 1. The number of aromatic nitrogens is 1. The summed E-state index contributed by atoms with van der Waals surface area (Å²) in [7, 11) is 1.56. The first-order chi connectivity index (χ1) is 7.60. The van der Waals surface area contributed by atoms with Crippen LogP contribution in [0.4, 0.5) is 5.69 Å². The Balaban J connectivity index is 2.61. The van der Waals surface area contributed by atoms with Gasteiger partial charge < -0.3 is 15.0 Å². The predicted molar refractivity (Wildman–Crippen MR) is 67.9 cm³/mol. The molecule has 0 saturated carbocycles. The molecule has 0 aliphatic rings. The van der Waals surface area contributed by atoms with Crippen LogP contribution in [-0.4, -0.2) is 18.0 Å². The number of thiazole rings is 1. The van der Waals surface area contributed by atoms with Gasteiger partial charge in [-0.2, -0.15) is 0 Å². The van der Waals surface area contributed by atoms with Gasteiger partial charge in [-0.05, 0) is 18.3 Å². The van der Waals surface area contributed by atoms with Gasteiger partial charge in [0.05, 0.1) is 23.0 Å². The van der Waals surface area contributed by atoms with Gasteiger partial charge in [0, 0.05) is 13.0 Å². The second-order valence-electron chi connectivity index (χ2n) is 3.24. The van der Waals surface area contributed by atoms with E-state index in [1.165, 1.54) is 18.3 Å². The van der Waals surface area contributed by atoms with E-state index in [-0.39, 0.29) is 5.91 Å². The molecule has 0 aliphatic carbocycles. The lowest BCUT2D eigenvalue weighted by molar-refractivity contribution is -0.114. The summed E-state index contributed by atoms with van der Waals surface area (Å²) in [4.78, 5) is 14.1. The largest absolute Gasteiger partial charge is 0.494 e. The molecule has 0 saturated heterocycles. The van der Waals surface area contributed by atoms with Crippen molar-refractivity contribution in [2.24, 2.45) is 0 Å². The maximum atomic E-state index is 11.0. The standard InChI is InChI=1S/C10H10N2O2S2/c1-5(13)11-6-4-9-7(3-8(6)14-2)12-10(15)16-9/h3-4H,1-2H3,(H,11,13)(H,12,15). The van der Waals surface area contributed by atoms with Crippen LogP contribution >= 0.6 is 23.6 Å². The number of ether oxygens (including phenoxy) is 1. The number of H-pyrrole nitrogens is 1. The molecule has 16 heavy (non-hydrogen) atoms. The van der Waals surface area contributed by atoms with Crippen LogP contribution in [0.1, 0.15) is 6.92 Å². The summed E-state index contributed by atoms with van der Waals surface area (Å²) in [5, 5.41) is 2.72. The van der Waals surface area contributed by atoms with Gasteiger partial charge in [0.1, 0.15) is 5.75 Å². The smallest absolute Gasteiger partial charge is 0.221 e. The van der Waals surface area contributed by atoms with Gasteiger partial charge in [-0.25, -0.2) is 0 Å². The number of nitrogens with one attached hydrogen (secondary N) is 2. The number of carbonyl (C=O) groups excluding carboxylic acids is 1. The van der Waals surface area contributed by atoms with Crippen LogP contribution in [0.2, 0.25) is 0 Å². The molecule has 4 nitrogen and oxygen atoms in total. The van der Waals surface area contributed by atoms with Gasteiger partial charge in [-0.15, -0.1) is 11.3 Å². The van der Waals surface area contributed by atoms with Crippen molar-refractivity contribution >= 4 is 45.4 Å². The van der Waals surface area contributed by atoms with Crippen LogP contribution in [-0.2, 0) is 4.79 Å². The molecule has 84 valence electrons. The van der Waals surface area contributed by atoms with Gasteiger partial charge >= 0.3 is 0 Å². The Kier molecular flexibility index (Phi) is 2.93. The van der Waals surface area contributed by atoms with Crippen molar-refractivity contribution in [3.63, 3.8) is 0 Å². The van der Waals surface area contributed by atoms with Crippen LogP contribution in [0, 0.1) is 3.95 Å². The summed E-state index contributed by atoms with van der Waals surface area (Å²) in [5.41, 5.74) is 1.58. The Bertz CT molecular complexity index is 600. The summed E-state index contributed by atoms with van der Waals surface area (Å²) in [6.45, 7) is 1.46. The Morgan fingerprint density at radius 3 is 2.94 bits per heavy atom. The molecule has 0 fully saturated rings. The fourth-order valence-electron chi connectivity index (χ4n) is 1.43. The fraction of sp³-hybridized carbons (Fsp3) is 0.200. The second-order valence-corrected chi connectivity index (χ2v) is 4.96. The van der Waals surface area contributed by atoms with Crippen LogP contribution in [0.25, 0.3) is 10.2 Å². The SMILES string of the molecule is COc1cc2[nH]c(=S)sc2cc1NC(C)=O. The number of hydrogen-bond acceptors (Lipinski definition) is 4. The zero-order valence-electron chi connectivity index (χ0n) is 8.79. The van der Waals surface area contributed by atoms with Crippen molar-refractivity contribution in [1.82, 2.24) is 4.98 Å². The molecule has 0 unspecified atom stereocenters. The third-order valence-corrected chi connectivity index (χ3v) is 3.25. The Hall–Kier alpha value is -1.40. The minimum absolute atomic E-state index is 0.128. The summed E-state index contributed by atoms with van der Waals surface area (Å²) in [5.74, 6) is 0.489. The first-order valence-electron chi connectivity index (χ1n) is 4.58. The summed E-state index contributed by atoms with van der Waals surface area (Å²) >= 11 is 6.52. The quantitative estimate of drug-likeness (QED) is 0.810. The minimum Gasteiger partial charge on any atom is -0.494 e. The number of benzene rings is 1. The molecule has 0 spiro atoms. The van der Waals surface area contributed by atoms with Crippen LogP contribution < -0.4 is 10.1 Å². The molecule has 1 heterocycles. The van der Waals surface area contributed by atoms with Gasteiger partial charge in [0.15, 0.2) is 3.95 Å². The number of methoxy groups -OCH3 is 1. The summed E-state index contributed by atoms with van der Waals surface area (Å²) < 4.78 is 6.90. The number of carbonyl (C=O) groups is 1. The molecule has 1 amide bonds. The van der Waals surface area contributed by atoms with Crippen LogP contribution in [0.15, 0.2) is 12.1 Å². The van der Waals surface area contributed by atoms with E-state index in [2.05, 4.69) is 10.3 Å². The average molecular weight is 254 g/mol. The van der Waals surface area contributed by atoms with Gasteiger partial charge in [0.25, 0.3) is 0 Å². The molecule has 1 aromatic heterocycles. The van der Waals surface area contributed by atoms with E-state index in [9.17, 15) is 4.79 Å². The number of aromatic amines is 1. The third kappa shape index (κ3) is 2.07. The van der Waals surface area contributed by atoms with Crippen molar-refractivity contribution in [1.29, 1.82) is 0 Å². The van der Waals surface area contributed by atoms with E-state index >= 15 is 0 Å². The molecule has 1 aromatic carbocycles. The van der Waals surface area contributed by atoms with Crippen molar-refractivity contribution in [3.05, 3.63) is 16.1 Å². The molecule has 2 aromatic rings. The second kappa shape index (κ2) is 4.23. The molecule has 0 aliphatic heterocycles. The topological polar surface area (TPSA) is 54.1 Å². The number of rotatable bonds is 2.